The molecule has 4 heteroatoms. The minimum atomic E-state index is 0.241. The molecule has 0 amide bonds. The average Bonchev–Trinajstić information content (AvgIpc) is 2.86. The third-order valence-corrected chi connectivity index (χ3v) is 4.32. The van der Waals surface area contributed by atoms with Gasteiger partial charge < -0.3 is 10.1 Å². The second-order valence-corrected chi connectivity index (χ2v) is 5.51. The second kappa shape index (κ2) is 7.06. The van der Waals surface area contributed by atoms with Crippen LogP contribution >= 0.6 is 0 Å². The lowest BCUT2D eigenvalue weighted by Gasteiger charge is -2.35. The molecule has 1 aliphatic rings. The van der Waals surface area contributed by atoms with Gasteiger partial charge in [0.2, 0.25) is 0 Å². The van der Waals surface area contributed by atoms with Crippen LogP contribution in [0.4, 0.5) is 0 Å². The average molecular weight is 265 g/mol. The van der Waals surface area contributed by atoms with E-state index in [-0.39, 0.29) is 12.1 Å². The highest BCUT2D eigenvalue weighted by Gasteiger charge is 2.32. The zero-order valence-corrected chi connectivity index (χ0v) is 12.4. The van der Waals surface area contributed by atoms with E-state index in [0.29, 0.717) is 5.92 Å². The summed E-state index contributed by atoms with van der Waals surface area (Å²) in [6.45, 7) is 3.10. The normalized spacial score (nSPS) is 20.4. The Morgan fingerprint density at radius 1 is 1.42 bits per heavy atom. The van der Waals surface area contributed by atoms with Gasteiger partial charge in [-0.15, -0.1) is 0 Å². The number of nitrogens with one attached hydrogen (secondary N) is 1. The number of ether oxygens (including phenoxy) is 1. The van der Waals surface area contributed by atoms with Crippen LogP contribution in [0.15, 0.2) is 12.3 Å². The maximum atomic E-state index is 5.88. The van der Waals surface area contributed by atoms with Gasteiger partial charge in [-0.25, -0.2) is 0 Å². The molecule has 0 spiro atoms. The molecule has 1 N–H and O–H groups in total. The van der Waals surface area contributed by atoms with Crippen LogP contribution in [0, 0.1) is 5.92 Å². The predicted molar refractivity (Wildman–Crippen MR) is 77.0 cm³/mol. The van der Waals surface area contributed by atoms with E-state index in [9.17, 15) is 0 Å². The molecule has 1 heterocycles. The lowest BCUT2D eigenvalue weighted by atomic mass is 9.81. The smallest absolute Gasteiger partial charge is 0.0809 e. The molecule has 1 aliphatic carbocycles. The molecule has 0 bridgehead atoms. The van der Waals surface area contributed by atoms with Crippen molar-refractivity contribution in [3.63, 3.8) is 0 Å². The predicted octanol–water partition coefficient (Wildman–Crippen LogP) is 2.67. The fourth-order valence-corrected chi connectivity index (χ4v) is 3.36. The van der Waals surface area contributed by atoms with Crippen molar-refractivity contribution in [1.82, 2.24) is 15.1 Å². The van der Waals surface area contributed by atoms with E-state index < -0.39 is 0 Å². The highest BCUT2D eigenvalue weighted by molar-refractivity contribution is 5.10. The molecule has 0 saturated heterocycles. The Morgan fingerprint density at radius 2 is 2.16 bits per heavy atom. The number of aromatic nitrogens is 2. The summed E-state index contributed by atoms with van der Waals surface area (Å²) in [6, 6.07) is 2.34. The first-order valence-corrected chi connectivity index (χ1v) is 7.52. The van der Waals surface area contributed by atoms with Gasteiger partial charge in [0.25, 0.3) is 0 Å². The topological polar surface area (TPSA) is 39.1 Å². The van der Waals surface area contributed by atoms with Crippen LogP contribution in [0.1, 0.15) is 50.8 Å². The fourth-order valence-electron chi connectivity index (χ4n) is 3.36. The highest BCUT2D eigenvalue weighted by Crippen LogP contribution is 2.33. The molecular formula is C15H27N3O. The number of rotatable bonds is 6. The molecule has 1 aromatic rings. The summed E-state index contributed by atoms with van der Waals surface area (Å²) in [5, 5.41) is 7.89. The van der Waals surface area contributed by atoms with Crippen molar-refractivity contribution in [2.24, 2.45) is 13.0 Å². The van der Waals surface area contributed by atoms with E-state index in [1.165, 1.54) is 37.8 Å². The van der Waals surface area contributed by atoms with Crippen molar-refractivity contribution in [2.75, 3.05) is 13.7 Å². The SMILES string of the molecule is CCNC(c1ccnn1C)C(OC)C1CCCCC1. The second-order valence-electron chi connectivity index (χ2n) is 5.51. The molecule has 1 fully saturated rings. The van der Waals surface area contributed by atoms with Crippen LogP contribution < -0.4 is 5.32 Å². The molecule has 2 atom stereocenters. The maximum absolute atomic E-state index is 5.88. The molecule has 2 rings (SSSR count). The summed E-state index contributed by atoms with van der Waals surface area (Å²) in [5.41, 5.74) is 1.22. The minimum Gasteiger partial charge on any atom is -0.379 e. The molecule has 108 valence electrons. The Bertz CT molecular complexity index is 371. The molecule has 0 radical (unpaired) electrons. The van der Waals surface area contributed by atoms with Crippen LogP contribution in [-0.4, -0.2) is 29.5 Å². The summed E-state index contributed by atoms with van der Waals surface area (Å²) in [6.07, 6.45) is 8.76. The van der Waals surface area contributed by atoms with Crippen molar-refractivity contribution in [3.8, 4) is 0 Å². The molecule has 4 nitrogen and oxygen atoms in total. The van der Waals surface area contributed by atoms with E-state index in [2.05, 4.69) is 23.4 Å². The number of likely N-dealkylation sites (N-methyl/N-ethyl adjacent to an activating group) is 1. The van der Waals surface area contributed by atoms with Crippen molar-refractivity contribution in [1.29, 1.82) is 0 Å². The van der Waals surface area contributed by atoms with Gasteiger partial charge in [0.05, 0.1) is 17.8 Å². The van der Waals surface area contributed by atoms with Gasteiger partial charge >= 0.3 is 0 Å². The van der Waals surface area contributed by atoms with E-state index in [0.717, 1.165) is 6.54 Å². The van der Waals surface area contributed by atoms with Crippen LogP contribution in [0.3, 0.4) is 0 Å². The van der Waals surface area contributed by atoms with Crippen molar-refractivity contribution in [3.05, 3.63) is 18.0 Å². The van der Waals surface area contributed by atoms with Crippen LogP contribution in [0.5, 0.6) is 0 Å². The van der Waals surface area contributed by atoms with Gasteiger partial charge in [-0.1, -0.05) is 26.2 Å². The monoisotopic (exact) mass is 265 g/mol. The first kappa shape index (κ1) is 14.5. The molecule has 1 saturated carbocycles. The molecule has 0 aliphatic heterocycles. The first-order chi connectivity index (χ1) is 9.27. The van der Waals surface area contributed by atoms with Gasteiger partial charge in [-0.2, -0.15) is 5.10 Å². The largest absolute Gasteiger partial charge is 0.379 e. The van der Waals surface area contributed by atoms with Gasteiger partial charge in [-0.3, -0.25) is 4.68 Å². The Morgan fingerprint density at radius 3 is 2.68 bits per heavy atom. The number of hydrogen-bond donors (Lipinski definition) is 1. The summed E-state index contributed by atoms with van der Waals surface area (Å²) in [4.78, 5) is 0. The number of methoxy groups -OCH3 is 1. The Kier molecular flexibility index (Phi) is 5.40. The van der Waals surface area contributed by atoms with Crippen molar-refractivity contribution >= 4 is 0 Å². The lowest BCUT2D eigenvalue weighted by Crippen LogP contribution is -2.40. The van der Waals surface area contributed by atoms with Gasteiger partial charge in [0.1, 0.15) is 0 Å². The highest BCUT2D eigenvalue weighted by atomic mass is 16.5. The summed E-state index contributed by atoms with van der Waals surface area (Å²) in [5.74, 6) is 0.665. The Labute approximate surface area is 116 Å². The molecular weight excluding hydrogens is 238 g/mol. The standard InChI is InChI=1S/C15H27N3O/c1-4-16-14(13-10-11-17-18(13)2)15(19-3)12-8-6-5-7-9-12/h10-12,14-16H,4-9H2,1-3H3. The van der Waals surface area contributed by atoms with Gasteiger partial charge in [-0.05, 0) is 31.4 Å². The fraction of sp³-hybridized carbons (Fsp3) is 0.800. The van der Waals surface area contributed by atoms with Crippen molar-refractivity contribution < 1.29 is 4.74 Å². The van der Waals surface area contributed by atoms with Gasteiger partial charge in [0, 0.05) is 20.4 Å². The first-order valence-electron chi connectivity index (χ1n) is 7.52. The Hall–Kier alpha value is -0.870. The summed E-state index contributed by atoms with van der Waals surface area (Å²) >= 11 is 0. The number of hydrogen-bond acceptors (Lipinski definition) is 3. The van der Waals surface area contributed by atoms with Crippen LogP contribution in [0.2, 0.25) is 0 Å². The van der Waals surface area contributed by atoms with E-state index in [1.807, 2.05) is 25.0 Å². The zero-order valence-electron chi connectivity index (χ0n) is 12.4. The Balaban J connectivity index is 2.17. The van der Waals surface area contributed by atoms with Crippen LogP contribution in [-0.2, 0) is 11.8 Å². The number of nitrogens with zero attached hydrogens (tertiary/aromatic N) is 2. The molecule has 2 unspecified atom stereocenters. The summed E-state index contributed by atoms with van der Waals surface area (Å²) < 4.78 is 7.84. The summed E-state index contributed by atoms with van der Waals surface area (Å²) in [7, 11) is 3.85. The quantitative estimate of drug-likeness (QED) is 0.859. The lowest BCUT2D eigenvalue weighted by molar-refractivity contribution is 0.00598. The zero-order chi connectivity index (χ0) is 13.7. The van der Waals surface area contributed by atoms with E-state index in [1.54, 1.807) is 0 Å². The van der Waals surface area contributed by atoms with E-state index in [4.69, 9.17) is 4.74 Å². The molecule has 0 aromatic carbocycles. The van der Waals surface area contributed by atoms with Crippen molar-refractivity contribution in [2.45, 2.75) is 51.2 Å². The molecule has 1 aromatic heterocycles. The number of aryl methyl sites for hydroxylation is 1. The molecule has 19 heavy (non-hydrogen) atoms. The third-order valence-electron chi connectivity index (χ3n) is 4.32. The third kappa shape index (κ3) is 3.37. The minimum absolute atomic E-state index is 0.241. The van der Waals surface area contributed by atoms with E-state index >= 15 is 0 Å². The van der Waals surface area contributed by atoms with Gasteiger partial charge in [0.15, 0.2) is 0 Å². The maximum Gasteiger partial charge on any atom is 0.0809 e. The van der Waals surface area contributed by atoms with Crippen LogP contribution in [0.25, 0.3) is 0 Å².